The van der Waals surface area contributed by atoms with Gasteiger partial charge in [0.1, 0.15) is 5.75 Å². The van der Waals surface area contributed by atoms with Gasteiger partial charge in [-0.2, -0.15) is 0 Å². The molecule has 7 aromatic carbocycles. The zero-order valence-corrected chi connectivity index (χ0v) is 39.6. The summed E-state index contributed by atoms with van der Waals surface area (Å²) in [4.78, 5) is 2.33. The molecule has 0 bridgehead atoms. The lowest BCUT2D eigenvalue weighted by molar-refractivity contribution is 0.415. The Labute approximate surface area is 374 Å². The summed E-state index contributed by atoms with van der Waals surface area (Å²) in [7, 11) is 1.72. The summed E-state index contributed by atoms with van der Waals surface area (Å²) < 4.78 is 10.5. The van der Waals surface area contributed by atoms with E-state index in [9.17, 15) is 0 Å². The van der Waals surface area contributed by atoms with Crippen molar-refractivity contribution in [3.63, 3.8) is 0 Å². The van der Waals surface area contributed by atoms with Crippen molar-refractivity contribution in [2.24, 2.45) is 0 Å². The van der Waals surface area contributed by atoms with Crippen LogP contribution in [-0.4, -0.2) is 16.2 Å². The van der Waals surface area contributed by atoms with Gasteiger partial charge in [0, 0.05) is 50.0 Å². The minimum Gasteiger partial charge on any atom is -0.497 e. The molecule has 0 radical (unpaired) electrons. The molecule has 0 aliphatic carbocycles. The number of methoxy groups -OCH3 is 1. The second-order valence-corrected chi connectivity index (χ2v) is 21.7. The largest absolute Gasteiger partial charge is 0.497 e. The van der Waals surface area contributed by atoms with Gasteiger partial charge >= 0.3 is 0 Å². The molecule has 9 aromatic rings. The van der Waals surface area contributed by atoms with Crippen LogP contribution in [0.5, 0.6) is 5.75 Å². The molecule has 320 valence electrons. The lowest BCUT2D eigenvalue weighted by Gasteiger charge is -2.26. The Hall–Kier alpha value is -6.26. The number of rotatable bonds is 6. The Morgan fingerprint density at radius 1 is 0.333 bits per heavy atom. The summed E-state index contributed by atoms with van der Waals surface area (Å²) in [6.07, 6.45) is 0. The molecule has 0 amide bonds. The lowest BCUT2D eigenvalue weighted by Crippen LogP contribution is -2.11. The van der Waals surface area contributed by atoms with Crippen LogP contribution >= 0.6 is 0 Å². The number of hydrogen-bond acceptors (Lipinski definition) is 2. The van der Waals surface area contributed by atoms with E-state index in [-0.39, 0.29) is 21.7 Å². The molecule has 0 atom stereocenters. The Bertz CT molecular complexity index is 2810. The van der Waals surface area contributed by atoms with Gasteiger partial charge in [0.2, 0.25) is 0 Å². The quantitative estimate of drug-likeness (QED) is 0.167. The van der Waals surface area contributed by atoms with Gasteiger partial charge in [-0.05, 0) is 165 Å². The van der Waals surface area contributed by atoms with Crippen LogP contribution in [0.1, 0.15) is 105 Å². The minimum atomic E-state index is 0.0464. The molecule has 0 aliphatic heterocycles. The smallest absolute Gasteiger partial charge is 0.119 e. The van der Waals surface area contributed by atoms with E-state index >= 15 is 0 Å². The molecule has 0 aliphatic rings. The first-order chi connectivity index (χ1) is 29.7. The minimum absolute atomic E-state index is 0.0464. The Morgan fingerprint density at radius 2 is 0.587 bits per heavy atom. The summed E-state index contributed by atoms with van der Waals surface area (Å²) in [5.41, 5.74) is 15.9. The molecule has 0 N–H and O–H groups in total. The molecule has 0 unspecified atom stereocenters. The van der Waals surface area contributed by atoms with E-state index in [0.717, 1.165) is 34.2 Å². The van der Waals surface area contributed by atoms with E-state index in [1.807, 2.05) is 12.1 Å². The van der Waals surface area contributed by atoms with Gasteiger partial charge < -0.3 is 18.8 Å². The number of aromatic nitrogens is 2. The van der Waals surface area contributed by atoms with Crippen molar-refractivity contribution in [2.45, 2.75) is 105 Å². The van der Waals surface area contributed by atoms with Gasteiger partial charge in [0.25, 0.3) is 0 Å². The summed E-state index contributed by atoms with van der Waals surface area (Å²) >= 11 is 0. The molecular formula is C59H63N3O. The highest BCUT2D eigenvalue weighted by Gasteiger charge is 2.24. The van der Waals surface area contributed by atoms with Gasteiger partial charge in [-0.25, -0.2) is 0 Å². The number of fused-ring (bicyclic) bond motifs is 6. The van der Waals surface area contributed by atoms with Crippen LogP contribution in [0.15, 0.2) is 146 Å². The van der Waals surface area contributed by atoms with Crippen LogP contribution in [0.4, 0.5) is 17.1 Å². The van der Waals surface area contributed by atoms with Crippen molar-refractivity contribution in [3.05, 3.63) is 168 Å². The highest BCUT2D eigenvalue weighted by atomic mass is 16.5. The first kappa shape index (κ1) is 42.1. The number of ether oxygens (including phenoxy) is 1. The van der Waals surface area contributed by atoms with E-state index in [0.29, 0.717) is 0 Å². The zero-order valence-electron chi connectivity index (χ0n) is 39.6. The monoisotopic (exact) mass is 829 g/mol. The maximum absolute atomic E-state index is 5.59. The third kappa shape index (κ3) is 7.58. The first-order valence-electron chi connectivity index (χ1n) is 22.5. The summed E-state index contributed by atoms with van der Waals surface area (Å²) in [5.74, 6) is 0.829. The molecule has 9 rings (SSSR count). The molecular weight excluding hydrogens is 767 g/mol. The number of anilines is 3. The molecule has 4 nitrogen and oxygen atoms in total. The van der Waals surface area contributed by atoms with E-state index in [4.69, 9.17) is 4.74 Å². The van der Waals surface area contributed by atoms with Crippen LogP contribution < -0.4 is 9.64 Å². The van der Waals surface area contributed by atoms with Crippen LogP contribution in [0.2, 0.25) is 0 Å². The van der Waals surface area contributed by atoms with Crippen LogP contribution in [-0.2, 0) is 21.7 Å². The van der Waals surface area contributed by atoms with Crippen molar-refractivity contribution >= 4 is 60.7 Å². The predicted octanol–water partition coefficient (Wildman–Crippen LogP) is 16.5. The van der Waals surface area contributed by atoms with E-state index in [1.54, 1.807) is 7.11 Å². The average Bonchev–Trinajstić information content (AvgIpc) is 3.75. The normalized spacial score (nSPS) is 12.8. The van der Waals surface area contributed by atoms with E-state index < -0.39 is 0 Å². The molecule has 0 saturated heterocycles. The van der Waals surface area contributed by atoms with Gasteiger partial charge in [0.05, 0.1) is 29.2 Å². The Morgan fingerprint density at radius 3 is 0.825 bits per heavy atom. The Kier molecular flexibility index (Phi) is 9.97. The topological polar surface area (TPSA) is 22.3 Å². The molecule has 4 heteroatoms. The fraction of sp³-hybridized carbons (Fsp3) is 0.288. The maximum atomic E-state index is 5.59. The Balaban J connectivity index is 1.16. The molecule has 0 spiro atoms. The SMILES string of the molecule is COc1ccc(N(c2ccc(-n3c4ccc(C(C)(C)C)cc4c4cc(C(C)(C)C)ccc43)cc2)c2ccc(-n3c4ccc(C(C)(C)C)cc4c4cc(C(C)(C)C)ccc43)cc2)cc1. The number of nitrogens with zero attached hydrogens (tertiary/aromatic N) is 3. The van der Waals surface area contributed by atoms with Crippen molar-refractivity contribution in [2.75, 3.05) is 12.0 Å². The first-order valence-corrected chi connectivity index (χ1v) is 22.5. The molecule has 0 saturated carbocycles. The van der Waals surface area contributed by atoms with Crippen molar-refractivity contribution in [3.8, 4) is 17.1 Å². The van der Waals surface area contributed by atoms with Crippen LogP contribution in [0, 0.1) is 0 Å². The van der Waals surface area contributed by atoms with Crippen molar-refractivity contribution in [1.82, 2.24) is 9.13 Å². The predicted molar refractivity (Wildman–Crippen MR) is 271 cm³/mol. The van der Waals surface area contributed by atoms with Gasteiger partial charge in [-0.15, -0.1) is 0 Å². The fourth-order valence-corrected chi connectivity index (χ4v) is 9.15. The average molecular weight is 830 g/mol. The standard InChI is InChI=1S/C59H63N3O/c1-56(2,3)38-14-30-52-48(34-38)49-35-39(57(4,5)6)15-31-53(49)61(52)45-22-18-42(19-23-45)60(44-26-28-47(63-13)29-27-44)43-20-24-46(25-21-43)62-54-32-16-40(58(7,8)9)36-50(54)51-37-41(59(10,11)12)17-33-55(51)62/h14-37H,1-13H3. The number of benzene rings is 7. The summed E-state index contributed by atoms with van der Waals surface area (Å²) in [5, 5.41) is 5.17. The lowest BCUT2D eigenvalue weighted by atomic mass is 9.85. The molecule has 0 fully saturated rings. The third-order valence-corrected chi connectivity index (χ3v) is 13.1. The third-order valence-electron chi connectivity index (χ3n) is 13.1. The maximum Gasteiger partial charge on any atom is 0.119 e. The summed E-state index contributed by atoms with van der Waals surface area (Å²) in [6, 6.07) is 54.6. The molecule has 2 aromatic heterocycles. The summed E-state index contributed by atoms with van der Waals surface area (Å²) in [6.45, 7) is 27.5. The second kappa shape index (κ2) is 14.9. The van der Waals surface area contributed by atoms with Gasteiger partial charge in [0.15, 0.2) is 0 Å². The van der Waals surface area contributed by atoms with E-state index in [1.165, 1.54) is 65.9 Å². The second-order valence-electron chi connectivity index (χ2n) is 21.7. The van der Waals surface area contributed by atoms with Gasteiger partial charge in [-0.1, -0.05) is 107 Å². The van der Waals surface area contributed by atoms with Crippen LogP contribution in [0.25, 0.3) is 55.0 Å². The van der Waals surface area contributed by atoms with Gasteiger partial charge in [-0.3, -0.25) is 0 Å². The number of hydrogen-bond donors (Lipinski definition) is 0. The van der Waals surface area contributed by atoms with Crippen molar-refractivity contribution < 1.29 is 4.74 Å². The fourth-order valence-electron chi connectivity index (χ4n) is 9.15. The molecule has 63 heavy (non-hydrogen) atoms. The molecule has 2 heterocycles. The van der Waals surface area contributed by atoms with Crippen LogP contribution in [0.3, 0.4) is 0 Å². The van der Waals surface area contributed by atoms with Crippen molar-refractivity contribution in [1.29, 1.82) is 0 Å². The highest BCUT2D eigenvalue weighted by molar-refractivity contribution is 6.11. The van der Waals surface area contributed by atoms with E-state index in [2.05, 4.69) is 231 Å². The highest BCUT2D eigenvalue weighted by Crippen LogP contribution is 2.42. The zero-order chi connectivity index (χ0) is 44.8.